The van der Waals surface area contributed by atoms with Crippen LogP contribution < -0.4 is 0 Å². The number of hydrogen-bond donors (Lipinski definition) is 0. The minimum Gasteiger partial charge on any atom is -0.287 e. The molecule has 0 aliphatic carbocycles. The van der Waals surface area contributed by atoms with Crippen molar-refractivity contribution in [2.75, 3.05) is 0 Å². The van der Waals surface area contributed by atoms with Crippen molar-refractivity contribution in [2.45, 2.75) is 0 Å². The molecule has 0 radical (unpaired) electrons. The van der Waals surface area contributed by atoms with Crippen molar-refractivity contribution in [3.05, 3.63) is 62.8 Å². The van der Waals surface area contributed by atoms with Crippen LogP contribution in [0.2, 0.25) is 0 Å². The topological polar surface area (TPSA) is 30.0 Å². The molecule has 0 saturated heterocycles. The van der Waals surface area contributed by atoms with Crippen LogP contribution in [-0.4, -0.2) is 10.8 Å². The second kappa shape index (κ2) is 4.89. The fraction of sp³-hybridized carbons (Fsp3) is 0. The molecule has 2 aromatic rings. The lowest BCUT2D eigenvalue weighted by Gasteiger charge is -2.00. The fourth-order valence-corrected chi connectivity index (χ4v) is 1.92. The van der Waals surface area contributed by atoms with Crippen LogP contribution in [0.4, 0.5) is 0 Å². The second-order valence-electron chi connectivity index (χ2n) is 3.20. The number of hydrogen-bond acceptors (Lipinski definition) is 2. The van der Waals surface area contributed by atoms with Crippen molar-refractivity contribution in [1.29, 1.82) is 0 Å². The molecule has 1 aromatic heterocycles. The lowest BCUT2D eigenvalue weighted by Crippen LogP contribution is -2.03. The highest BCUT2D eigenvalue weighted by molar-refractivity contribution is 9.10. The van der Waals surface area contributed by atoms with Gasteiger partial charge in [-0.15, -0.1) is 0 Å². The molecule has 0 aliphatic rings. The third-order valence-electron chi connectivity index (χ3n) is 2.05. The maximum absolute atomic E-state index is 12.0. The first kappa shape index (κ1) is 11.5. The molecule has 16 heavy (non-hydrogen) atoms. The highest BCUT2D eigenvalue weighted by Gasteiger charge is 2.10. The van der Waals surface area contributed by atoms with Crippen molar-refractivity contribution in [3.8, 4) is 0 Å². The zero-order chi connectivity index (χ0) is 11.5. The number of carbonyl (C=O) groups is 1. The zero-order valence-electron chi connectivity index (χ0n) is 8.15. The van der Waals surface area contributed by atoms with Crippen LogP contribution in [0.1, 0.15) is 16.1 Å². The van der Waals surface area contributed by atoms with Gasteiger partial charge in [0.1, 0.15) is 5.69 Å². The summed E-state index contributed by atoms with van der Waals surface area (Å²) in [6.45, 7) is 0. The average Bonchev–Trinajstić information content (AvgIpc) is 2.29. The third kappa shape index (κ3) is 2.57. The van der Waals surface area contributed by atoms with E-state index in [4.69, 9.17) is 0 Å². The summed E-state index contributed by atoms with van der Waals surface area (Å²) in [4.78, 5) is 16.1. The van der Waals surface area contributed by atoms with Gasteiger partial charge in [-0.1, -0.05) is 28.1 Å². The smallest absolute Gasteiger partial charge is 0.211 e. The molecule has 80 valence electrons. The van der Waals surface area contributed by atoms with Gasteiger partial charge in [0.05, 0.1) is 0 Å². The molecule has 0 atom stereocenters. The van der Waals surface area contributed by atoms with E-state index in [-0.39, 0.29) is 5.78 Å². The van der Waals surface area contributed by atoms with Gasteiger partial charge in [0, 0.05) is 20.7 Å². The Balaban J connectivity index is 2.35. The molecular weight excluding hydrogens is 334 g/mol. The maximum Gasteiger partial charge on any atom is 0.211 e. The lowest BCUT2D eigenvalue weighted by molar-refractivity contribution is 0.103. The van der Waals surface area contributed by atoms with Crippen LogP contribution in [0.15, 0.2) is 51.5 Å². The summed E-state index contributed by atoms with van der Waals surface area (Å²) in [6.07, 6.45) is 1.62. The quantitative estimate of drug-likeness (QED) is 0.777. The Morgan fingerprint density at radius 2 is 1.88 bits per heavy atom. The van der Waals surface area contributed by atoms with Crippen molar-refractivity contribution < 1.29 is 4.79 Å². The lowest BCUT2D eigenvalue weighted by atomic mass is 10.1. The Morgan fingerprint density at radius 1 is 1.06 bits per heavy atom. The summed E-state index contributed by atoms with van der Waals surface area (Å²) in [5, 5.41) is 0. The number of halogens is 2. The van der Waals surface area contributed by atoms with E-state index in [1.807, 2.05) is 12.1 Å². The van der Waals surface area contributed by atoms with Gasteiger partial charge in [0.15, 0.2) is 0 Å². The summed E-state index contributed by atoms with van der Waals surface area (Å²) in [6, 6.07) is 10.8. The van der Waals surface area contributed by atoms with Crippen molar-refractivity contribution in [3.63, 3.8) is 0 Å². The van der Waals surface area contributed by atoms with Gasteiger partial charge in [-0.05, 0) is 40.2 Å². The first-order chi connectivity index (χ1) is 7.66. The summed E-state index contributed by atoms with van der Waals surface area (Å²) < 4.78 is 1.74. The predicted molar refractivity (Wildman–Crippen MR) is 69.5 cm³/mol. The largest absolute Gasteiger partial charge is 0.287 e. The zero-order valence-corrected chi connectivity index (χ0v) is 11.3. The SMILES string of the molecule is O=C(c1cccc(Br)c1)c1ccc(Br)cn1. The minimum atomic E-state index is -0.0752. The third-order valence-corrected chi connectivity index (χ3v) is 3.01. The normalized spacial score (nSPS) is 10.1. The molecular formula is C12H7Br2NO. The first-order valence-corrected chi connectivity index (χ1v) is 6.17. The number of ketones is 1. The number of nitrogens with zero attached hydrogens (tertiary/aromatic N) is 1. The van der Waals surface area contributed by atoms with E-state index >= 15 is 0 Å². The van der Waals surface area contributed by atoms with Gasteiger partial charge < -0.3 is 0 Å². The van der Waals surface area contributed by atoms with E-state index < -0.39 is 0 Å². The van der Waals surface area contributed by atoms with Gasteiger partial charge >= 0.3 is 0 Å². The Bertz CT molecular complexity index is 523. The second-order valence-corrected chi connectivity index (χ2v) is 5.03. The van der Waals surface area contributed by atoms with Gasteiger partial charge in [-0.2, -0.15) is 0 Å². The summed E-state index contributed by atoms with van der Waals surface area (Å²) in [7, 11) is 0. The fourth-order valence-electron chi connectivity index (χ4n) is 1.29. The van der Waals surface area contributed by atoms with Crippen molar-refractivity contribution >= 4 is 37.6 Å². The van der Waals surface area contributed by atoms with Crippen LogP contribution in [0.3, 0.4) is 0 Å². The number of carbonyl (C=O) groups excluding carboxylic acids is 1. The molecule has 0 fully saturated rings. The average molecular weight is 341 g/mol. The molecule has 2 rings (SSSR count). The molecule has 0 saturated carbocycles. The summed E-state index contributed by atoms with van der Waals surface area (Å²) in [5.74, 6) is -0.0752. The van der Waals surface area contributed by atoms with Gasteiger partial charge in [0.25, 0.3) is 0 Å². The molecule has 0 bridgehead atoms. The standard InChI is InChI=1S/C12H7Br2NO/c13-9-3-1-2-8(6-9)12(16)11-5-4-10(14)7-15-11/h1-7H. The molecule has 0 spiro atoms. The Labute approximate surface area is 110 Å². The van der Waals surface area contributed by atoms with Crippen LogP contribution in [-0.2, 0) is 0 Å². The summed E-state index contributed by atoms with van der Waals surface area (Å²) >= 11 is 6.62. The number of pyridine rings is 1. The first-order valence-electron chi connectivity index (χ1n) is 4.58. The molecule has 1 aromatic carbocycles. The number of rotatable bonds is 2. The van der Waals surface area contributed by atoms with E-state index in [0.717, 1.165) is 8.95 Å². The number of benzene rings is 1. The monoisotopic (exact) mass is 339 g/mol. The van der Waals surface area contributed by atoms with Gasteiger partial charge in [0.2, 0.25) is 5.78 Å². The molecule has 1 heterocycles. The molecule has 0 aliphatic heterocycles. The van der Waals surface area contributed by atoms with Crippen molar-refractivity contribution in [1.82, 2.24) is 4.98 Å². The molecule has 0 amide bonds. The summed E-state index contributed by atoms with van der Waals surface area (Å²) in [5.41, 5.74) is 1.07. The van der Waals surface area contributed by atoms with Crippen molar-refractivity contribution in [2.24, 2.45) is 0 Å². The number of aromatic nitrogens is 1. The minimum absolute atomic E-state index is 0.0752. The van der Waals surface area contributed by atoms with E-state index in [1.165, 1.54) is 0 Å². The predicted octanol–water partition coefficient (Wildman–Crippen LogP) is 3.84. The van der Waals surface area contributed by atoms with Gasteiger partial charge in [-0.3, -0.25) is 9.78 Å². The Morgan fingerprint density at radius 3 is 2.50 bits per heavy atom. The molecule has 4 heteroatoms. The van der Waals surface area contributed by atoms with E-state index in [2.05, 4.69) is 36.8 Å². The maximum atomic E-state index is 12.0. The molecule has 0 unspecified atom stereocenters. The molecule has 0 N–H and O–H groups in total. The van der Waals surface area contributed by atoms with Crippen LogP contribution in [0, 0.1) is 0 Å². The highest BCUT2D eigenvalue weighted by atomic mass is 79.9. The molecule has 2 nitrogen and oxygen atoms in total. The Kier molecular flexibility index (Phi) is 3.51. The highest BCUT2D eigenvalue weighted by Crippen LogP contribution is 2.15. The van der Waals surface area contributed by atoms with E-state index in [0.29, 0.717) is 11.3 Å². The Hall–Kier alpha value is -1.00. The van der Waals surface area contributed by atoms with Gasteiger partial charge in [-0.25, -0.2) is 0 Å². The van der Waals surface area contributed by atoms with Crippen LogP contribution in [0.25, 0.3) is 0 Å². The van der Waals surface area contributed by atoms with E-state index in [1.54, 1.807) is 30.5 Å². The van der Waals surface area contributed by atoms with Crippen LogP contribution in [0.5, 0.6) is 0 Å². The van der Waals surface area contributed by atoms with Crippen LogP contribution >= 0.6 is 31.9 Å². The van der Waals surface area contributed by atoms with E-state index in [9.17, 15) is 4.79 Å².